The van der Waals surface area contributed by atoms with E-state index in [-0.39, 0.29) is 23.4 Å². The number of hydrogen-bond donors (Lipinski definition) is 3. The smallest absolute Gasteiger partial charge is 0.221 e. The molecule has 0 aromatic heterocycles. The molecule has 5 nitrogen and oxygen atoms in total. The average Bonchev–Trinajstić information content (AvgIpc) is 2.13. The molecule has 0 aromatic rings. The number of nitrogens with one attached hydrogen (secondary N) is 3. The molecular weight excluding hydrogens is 230 g/mol. The lowest BCUT2D eigenvalue weighted by Gasteiger charge is -2.20. The summed E-state index contributed by atoms with van der Waals surface area (Å²) >= 11 is 0. The first-order valence-electron chi connectivity index (χ1n) is 6.52. The van der Waals surface area contributed by atoms with Crippen molar-refractivity contribution in [3.8, 4) is 0 Å². The lowest BCUT2D eigenvalue weighted by molar-refractivity contribution is -0.122. The van der Waals surface area contributed by atoms with E-state index in [0.717, 1.165) is 0 Å². The molecule has 0 radical (unpaired) electrons. The molecule has 0 aliphatic carbocycles. The van der Waals surface area contributed by atoms with Gasteiger partial charge in [-0.15, -0.1) is 0 Å². The fourth-order valence-corrected chi connectivity index (χ4v) is 1.35. The van der Waals surface area contributed by atoms with E-state index in [4.69, 9.17) is 0 Å². The molecule has 2 amide bonds. The average molecular weight is 257 g/mol. The highest BCUT2D eigenvalue weighted by Crippen LogP contribution is 1.97. The van der Waals surface area contributed by atoms with Crippen molar-refractivity contribution in [2.75, 3.05) is 13.1 Å². The molecular formula is C13H27N3O2. The molecule has 0 saturated carbocycles. The molecule has 0 unspecified atom stereocenters. The van der Waals surface area contributed by atoms with Gasteiger partial charge in [0, 0.05) is 37.5 Å². The van der Waals surface area contributed by atoms with Crippen LogP contribution in [0.4, 0.5) is 0 Å². The molecule has 0 atom stereocenters. The molecule has 3 N–H and O–H groups in total. The summed E-state index contributed by atoms with van der Waals surface area (Å²) in [5, 5.41) is 8.75. The third kappa shape index (κ3) is 11.4. The van der Waals surface area contributed by atoms with Crippen LogP contribution in [0.25, 0.3) is 0 Å². The summed E-state index contributed by atoms with van der Waals surface area (Å²) in [6, 6.07) is 0.143. The first-order chi connectivity index (χ1) is 8.20. The maximum absolute atomic E-state index is 11.4. The molecule has 0 fully saturated rings. The number of hydrogen-bond acceptors (Lipinski definition) is 3. The highest BCUT2D eigenvalue weighted by atomic mass is 16.2. The third-order valence-corrected chi connectivity index (χ3v) is 2.13. The van der Waals surface area contributed by atoms with Gasteiger partial charge in [-0.25, -0.2) is 0 Å². The second-order valence-corrected chi connectivity index (χ2v) is 5.75. The van der Waals surface area contributed by atoms with Gasteiger partial charge in [-0.3, -0.25) is 9.59 Å². The minimum absolute atomic E-state index is 0.0240. The second-order valence-electron chi connectivity index (χ2n) is 5.75. The van der Waals surface area contributed by atoms with Crippen LogP contribution in [0, 0.1) is 0 Å². The van der Waals surface area contributed by atoms with Gasteiger partial charge in [-0.05, 0) is 34.6 Å². The maximum Gasteiger partial charge on any atom is 0.221 e. The fourth-order valence-electron chi connectivity index (χ4n) is 1.35. The van der Waals surface area contributed by atoms with Gasteiger partial charge in [0.2, 0.25) is 11.8 Å². The van der Waals surface area contributed by atoms with Crippen molar-refractivity contribution in [3.63, 3.8) is 0 Å². The minimum atomic E-state index is -0.0295. The first-order valence-corrected chi connectivity index (χ1v) is 6.52. The van der Waals surface area contributed by atoms with Crippen LogP contribution in [0.2, 0.25) is 0 Å². The van der Waals surface area contributed by atoms with E-state index in [0.29, 0.717) is 25.9 Å². The van der Waals surface area contributed by atoms with E-state index < -0.39 is 0 Å². The van der Waals surface area contributed by atoms with Crippen molar-refractivity contribution in [1.82, 2.24) is 16.0 Å². The van der Waals surface area contributed by atoms with Crippen LogP contribution in [0.1, 0.15) is 47.5 Å². The van der Waals surface area contributed by atoms with Crippen LogP contribution >= 0.6 is 0 Å². The molecule has 0 rings (SSSR count). The van der Waals surface area contributed by atoms with Gasteiger partial charge in [0.1, 0.15) is 0 Å². The van der Waals surface area contributed by atoms with Crippen LogP contribution in [0.3, 0.4) is 0 Å². The molecule has 0 heterocycles. The second kappa shape index (κ2) is 8.08. The summed E-state index contributed by atoms with van der Waals surface area (Å²) in [5.74, 6) is -0.0535. The summed E-state index contributed by atoms with van der Waals surface area (Å²) in [4.78, 5) is 22.8. The Kier molecular flexibility index (Phi) is 7.59. The molecule has 0 aromatic carbocycles. The van der Waals surface area contributed by atoms with Crippen molar-refractivity contribution >= 4 is 11.8 Å². The maximum atomic E-state index is 11.4. The predicted octanol–water partition coefficient (Wildman–Crippen LogP) is 0.796. The Labute approximate surface area is 110 Å². The quantitative estimate of drug-likeness (QED) is 0.631. The standard InChI is InChI=1S/C13H27N3O2/c1-10(2)16-12(18)6-8-14-11(17)7-9-15-13(3,4)5/h10,15H,6-9H2,1-5H3,(H,14,17)(H,16,18). The topological polar surface area (TPSA) is 70.2 Å². The Bertz CT molecular complexity index is 270. The molecule has 0 spiro atoms. The predicted molar refractivity (Wildman–Crippen MR) is 73.3 cm³/mol. The molecule has 0 aliphatic heterocycles. The Morgan fingerprint density at radius 2 is 1.56 bits per heavy atom. The first kappa shape index (κ1) is 16.9. The van der Waals surface area contributed by atoms with E-state index in [9.17, 15) is 9.59 Å². The van der Waals surface area contributed by atoms with E-state index >= 15 is 0 Å². The van der Waals surface area contributed by atoms with Crippen molar-refractivity contribution < 1.29 is 9.59 Å². The largest absolute Gasteiger partial charge is 0.356 e. The van der Waals surface area contributed by atoms with E-state index in [1.54, 1.807) is 0 Å². The minimum Gasteiger partial charge on any atom is -0.356 e. The monoisotopic (exact) mass is 257 g/mol. The normalized spacial score (nSPS) is 11.4. The summed E-state index contributed by atoms with van der Waals surface area (Å²) in [5.41, 5.74) is 0.0252. The summed E-state index contributed by atoms with van der Waals surface area (Å²) < 4.78 is 0. The van der Waals surface area contributed by atoms with Gasteiger partial charge in [0.25, 0.3) is 0 Å². The van der Waals surface area contributed by atoms with Crippen LogP contribution in [0.15, 0.2) is 0 Å². The Morgan fingerprint density at radius 3 is 2.06 bits per heavy atom. The van der Waals surface area contributed by atoms with Crippen molar-refractivity contribution in [2.24, 2.45) is 0 Å². The molecule has 106 valence electrons. The van der Waals surface area contributed by atoms with Gasteiger partial charge < -0.3 is 16.0 Å². The summed E-state index contributed by atoms with van der Waals surface area (Å²) in [7, 11) is 0. The molecule has 5 heteroatoms. The van der Waals surface area contributed by atoms with E-state index in [1.807, 2.05) is 13.8 Å². The van der Waals surface area contributed by atoms with Crippen LogP contribution in [-0.4, -0.2) is 36.5 Å². The van der Waals surface area contributed by atoms with E-state index in [2.05, 4.69) is 36.7 Å². The van der Waals surface area contributed by atoms with Crippen molar-refractivity contribution in [1.29, 1.82) is 0 Å². The van der Waals surface area contributed by atoms with Crippen molar-refractivity contribution in [3.05, 3.63) is 0 Å². The lowest BCUT2D eigenvalue weighted by Crippen LogP contribution is -2.39. The number of carbonyl (C=O) groups excluding carboxylic acids is 2. The summed E-state index contributed by atoms with van der Waals surface area (Å²) in [6.07, 6.45) is 0.764. The lowest BCUT2D eigenvalue weighted by atomic mass is 10.1. The van der Waals surface area contributed by atoms with Gasteiger partial charge in [0.15, 0.2) is 0 Å². The van der Waals surface area contributed by atoms with Gasteiger partial charge in [-0.1, -0.05) is 0 Å². The number of carbonyl (C=O) groups is 2. The SMILES string of the molecule is CC(C)NC(=O)CCNC(=O)CCNC(C)(C)C. The van der Waals surface area contributed by atoms with Gasteiger partial charge >= 0.3 is 0 Å². The molecule has 0 bridgehead atoms. The zero-order chi connectivity index (χ0) is 14.2. The zero-order valence-corrected chi connectivity index (χ0v) is 12.2. The van der Waals surface area contributed by atoms with Crippen LogP contribution < -0.4 is 16.0 Å². The third-order valence-electron chi connectivity index (χ3n) is 2.13. The van der Waals surface area contributed by atoms with Crippen LogP contribution in [-0.2, 0) is 9.59 Å². The summed E-state index contributed by atoms with van der Waals surface area (Å²) in [6.45, 7) is 11.0. The van der Waals surface area contributed by atoms with Gasteiger partial charge in [-0.2, -0.15) is 0 Å². The van der Waals surface area contributed by atoms with Crippen LogP contribution in [0.5, 0.6) is 0 Å². The zero-order valence-electron chi connectivity index (χ0n) is 12.2. The highest BCUT2D eigenvalue weighted by molar-refractivity contribution is 5.79. The number of rotatable bonds is 7. The Hall–Kier alpha value is -1.10. The highest BCUT2D eigenvalue weighted by Gasteiger charge is 2.09. The Morgan fingerprint density at radius 1 is 1.00 bits per heavy atom. The van der Waals surface area contributed by atoms with Crippen molar-refractivity contribution in [2.45, 2.75) is 59.0 Å². The molecule has 18 heavy (non-hydrogen) atoms. The fraction of sp³-hybridized carbons (Fsp3) is 0.846. The van der Waals surface area contributed by atoms with Gasteiger partial charge in [0.05, 0.1) is 0 Å². The molecule has 0 saturated heterocycles. The molecule has 0 aliphatic rings. The van der Waals surface area contributed by atoms with E-state index in [1.165, 1.54) is 0 Å². The Balaban J connectivity index is 3.57. The number of amides is 2.